The standard InChI is InChI=1S/C21H25NO4S/c23-21(26-16-17-10-4-1-5-11-17)22-20(18-12-6-2-7-13-18)27(24,25)19-14-8-3-9-15-19/h1,3-5,8-11,14-15,18,20H,2,6-7,12-13,16H2,(H,22,23). The molecule has 1 N–H and O–H groups in total. The molecule has 0 spiro atoms. The summed E-state index contributed by atoms with van der Waals surface area (Å²) in [5.74, 6) is -0.103. The van der Waals surface area contributed by atoms with Crippen LogP contribution >= 0.6 is 0 Å². The van der Waals surface area contributed by atoms with Crippen molar-refractivity contribution in [1.82, 2.24) is 5.32 Å². The van der Waals surface area contributed by atoms with E-state index in [1.165, 1.54) is 0 Å². The predicted molar refractivity (Wildman–Crippen MR) is 104 cm³/mol. The van der Waals surface area contributed by atoms with Crippen LogP contribution in [0.15, 0.2) is 65.6 Å². The third-order valence-electron chi connectivity index (χ3n) is 4.96. The summed E-state index contributed by atoms with van der Waals surface area (Å²) in [5, 5.41) is 1.68. The zero-order chi connectivity index (χ0) is 19.1. The normalized spacial score (nSPS) is 16.4. The van der Waals surface area contributed by atoms with Gasteiger partial charge in [-0.1, -0.05) is 67.8 Å². The number of ether oxygens (including phenoxy) is 1. The Labute approximate surface area is 160 Å². The highest BCUT2D eigenvalue weighted by Crippen LogP contribution is 2.31. The third kappa shape index (κ3) is 5.10. The number of carbonyl (C=O) groups excluding carboxylic acids is 1. The first kappa shape index (κ1) is 19.4. The lowest BCUT2D eigenvalue weighted by atomic mass is 9.89. The van der Waals surface area contributed by atoms with Crippen molar-refractivity contribution in [3.8, 4) is 0 Å². The minimum atomic E-state index is -3.69. The quantitative estimate of drug-likeness (QED) is 0.802. The van der Waals surface area contributed by atoms with E-state index in [1.807, 2.05) is 30.3 Å². The lowest BCUT2D eigenvalue weighted by Gasteiger charge is -2.30. The molecule has 1 fully saturated rings. The van der Waals surface area contributed by atoms with Crippen LogP contribution in [-0.4, -0.2) is 19.9 Å². The van der Waals surface area contributed by atoms with Gasteiger partial charge in [0.05, 0.1) is 4.90 Å². The number of nitrogens with one attached hydrogen (secondary N) is 1. The number of hydrogen-bond acceptors (Lipinski definition) is 4. The van der Waals surface area contributed by atoms with Crippen LogP contribution in [0.4, 0.5) is 4.79 Å². The summed E-state index contributed by atoms with van der Waals surface area (Å²) in [7, 11) is -3.69. The molecule has 1 amide bonds. The van der Waals surface area contributed by atoms with Gasteiger partial charge in [0.15, 0.2) is 9.84 Å². The van der Waals surface area contributed by atoms with Crippen LogP contribution in [0.25, 0.3) is 0 Å². The van der Waals surface area contributed by atoms with E-state index in [1.54, 1.807) is 30.3 Å². The van der Waals surface area contributed by atoms with Crippen molar-refractivity contribution in [1.29, 1.82) is 0 Å². The highest BCUT2D eigenvalue weighted by Gasteiger charge is 2.36. The summed E-state index contributed by atoms with van der Waals surface area (Å²) in [6.45, 7) is 0.107. The van der Waals surface area contributed by atoms with E-state index in [2.05, 4.69) is 5.32 Å². The first-order chi connectivity index (χ1) is 13.1. The van der Waals surface area contributed by atoms with Crippen LogP contribution in [-0.2, 0) is 21.2 Å². The number of carbonyl (C=O) groups is 1. The van der Waals surface area contributed by atoms with E-state index >= 15 is 0 Å². The molecule has 2 aromatic rings. The Morgan fingerprint density at radius 2 is 1.56 bits per heavy atom. The van der Waals surface area contributed by atoms with Crippen molar-refractivity contribution < 1.29 is 17.9 Å². The average Bonchev–Trinajstić information content (AvgIpc) is 2.72. The highest BCUT2D eigenvalue weighted by atomic mass is 32.2. The third-order valence-corrected chi connectivity index (χ3v) is 7.06. The van der Waals surface area contributed by atoms with Crippen molar-refractivity contribution in [2.24, 2.45) is 5.92 Å². The second kappa shape index (κ2) is 9.04. The minimum Gasteiger partial charge on any atom is -0.445 e. The number of sulfone groups is 1. The molecule has 0 radical (unpaired) electrons. The maximum Gasteiger partial charge on any atom is 0.408 e. The average molecular weight is 388 g/mol. The molecule has 1 aliphatic rings. The molecule has 144 valence electrons. The van der Waals surface area contributed by atoms with Crippen LogP contribution in [0.1, 0.15) is 37.7 Å². The van der Waals surface area contributed by atoms with Gasteiger partial charge in [0.25, 0.3) is 0 Å². The summed E-state index contributed by atoms with van der Waals surface area (Å²) in [5.41, 5.74) is 0.854. The summed E-state index contributed by atoms with van der Waals surface area (Å²) in [6, 6.07) is 17.6. The topological polar surface area (TPSA) is 72.5 Å². The van der Waals surface area contributed by atoms with Gasteiger partial charge in [0.1, 0.15) is 12.0 Å². The highest BCUT2D eigenvalue weighted by molar-refractivity contribution is 7.92. The Morgan fingerprint density at radius 3 is 2.19 bits per heavy atom. The fourth-order valence-electron chi connectivity index (χ4n) is 3.52. The largest absolute Gasteiger partial charge is 0.445 e. The summed E-state index contributed by atoms with van der Waals surface area (Å²) in [4.78, 5) is 12.6. The Morgan fingerprint density at radius 1 is 0.963 bits per heavy atom. The SMILES string of the molecule is O=C(NC(C1CCCCC1)S(=O)(=O)c1ccccc1)OCc1ccccc1. The maximum atomic E-state index is 13.2. The summed E-state index contributed by atoms with van der Waals surface area (Å²) >= 11 is 0. The molecule has 3 rings (SSSR count). The van der Waals surface area contributed by atoms with Gasteiger partial charge in [-0.25, -0.2) is 13.2 Å². The zero-order valence-corrected chi connectivity index (χ0v) is 16.0. The van der Waals surface area contributed by atoms with Gasteiger partial charge in [0, 0.05) is 0 Å². The van der Waals surface area contributed by atoms with E-state index in [-0.39, 0.29) is 17.4 Å². The van der Waals surface area contributed by atoms with Crippen LogP contribution in [0.3, 0.4) is 0 Å². The Balaban J connectivity index is 1.74. The van der Waals surface area contributed by atoms with Gasteiger partial charge in [-0.05, 0) is 36.5 Å². The molecule has 2 aromatic carbocycles. The van der Waals surface area contributed by atoms with Gasteiger partial charge in [-0.15, -0.1) is 0 Å². The lowest BCUT2D eigenvalue weighted by molar-refractivity contribution is 0.134. The molecule has 1 atom stereocenters. The van der Waals surface area contributed by atoms with Crippen LogP contribution < -0.4 is 5.32 Å². The number of amides is 1. The smallest absolute Gasteiger partial charge is 0.408 e. The molecular formula is C21H25NO4S. The first-order valence-corrected chi connectivity index (χ1v) is 10.9. The summed E-state index contributed by atoms with van der Waals surface area (Å²) < 4.78 is 31.6. The number of benzene rings is 2. The second-order valence-corrected chi connectivity index (χ2v) is 8.95. The zero-order valence-electron chi connectivity index (χ0n) is 15.2. The monoisotopic (exact) mass is 387 g/mol. The second-order valence-electron chi connectivity index (χ2n) is 6.88. The molecule has 1 unspecified atom stereocenters. The van der Waals surface area contributed by atoms with E-state index in [4.69, 9.17) is 4.74 Å². The molecule has 0 bridgehead atoms. The molecule has 6 heteroatoms. The number of alkyl carbamates (subject to hydrolysis) is 1. The molecule has 0 heterocycles. The van der Waals surface area contributed by atoms with E-state index in [0.717, 1.165) is 37.7 Å². The van der Waals surface area contributed by atoms with Crippen molar-refractivity contribution in [3.63, 3.8) is 0 Å². The van der Waals surface area contributed by atoms with Crippen LogP contribution in [0, 0.1) is 5.92 Å². The molecular weight excluding hydrogens is 362 g/mol. The van der Waals surface area contributed by atoms with Gasteiger partial charge >= 0.3 is 6.09 Å². The predicted octanol–water partition coefficient (Wildman–Crippen LogP) is 4.29. The number of hydrogen-bond donors (Lipinski definition) is 1. The maximum absolute atomic E-state index is 13.2. The van der Waals surface area contributed by atoms with Gasteiger partial charge in [0.2, 0.25) is 0 Å². The van der Waals surface area contributed by atoms with E-state index in [9.17, 15) is 13.2 Å². The van der Waals surface area contributed by atoms with Gasteiger partial charge < -0.3 is 10.1 Å². The van der Waals surface area contributed by atoms with Crippen molar-refractivity contribution in [2.45, 2.75) is 49.0 Å². The first-order valence-electron chi connectivity index (χ1n) is 9.33. The van der Waals surface area contributed by atoms with E-state index in [0.29, 0.717) is 0 Å². The van der Waals surface area contributed by atoms with Crippen LogP contribution in [0.5, 0.6) is 0 Å². The van der Waals surface area contributed by atoms with Crippen molar-refractivity contribution >= 4 is 15.9 Å². The van der Waals surface area contributed by atoms with E-state index < -0.39 is 21.3 Å². The van der Waals surface area contributed by atoms with Crippen LogP contribution in [0.2, 0.25) is 0 Å². The van der Waals surface area contributed by atoms with Crippen molar-refractivity contribution in [3.05, 3.63) is 66.2 Å². The lowest BCUT2D eigenvalue weighted by Crippen LogP contribution is -2.46. The number of rotatable bonds is 6. The molecule has 0 aromatic heterocycles. The Hall–Kier alpha value is -2.34. The molecule has 0 aliphatic heterocycles. The van der Waals surface area contributed by atoms with Gasteiger partial charge in [-0.2, -0.15) is 0 Å². The molecule has 5 nitrogen and oxygen atoms in total. The van der Waals surface area contributed by atoms with Crippen molar-refractivity contribution in [2.75, 3.05) is 0 Å². The molecule has 27 heavy (non-hydrogen) atoms. The fraction of sp³-hybridized carbons (Fsp3) is 0.381. The Kier molecular flexibility index (Phi) is 6.50. The molecule has 1 aliphatic carbocycles. The van der Waals surface area contributed by atoms with Gasteiger partial charge in [-0.3, -0.25) is 0 Å². The molecule has 1 saturated carbocycles. The fourth-order valence-corrected chi connectivity index (χ4v) is 5.38. The molecule has 0 saturated heterocycles. The Bertz CT molecular complexity index is 831. The minimum absolute atomic E-state index is 0.103. The summed E-state index contributed by atoms with van der Waals surface area (Å²) in [6.07, 6.45) is 3.94.